The van der Waals surface area contributed by atoms with Gasteiger partial charge in [0.2, 0.25) is 0 Å². The number of hydrogen-bond acceptors (Lipinski definition) is 3. The van der Waals surface area contributed by atoms with Gasteiger partial charge in [-0.25, -0.2) is 0 Å². The molecule has 0 unspecified atom stereocenters. The van der Waals surface area contributed by atoms with E-state index in [1.807, 2.05) is 13.0 Å². The molecule has 4 nitrogen and oxygen atoms in total. The predicted octanol–water partition coefficient (Wildman–Crippen LogP) is 0.936. The lowest BCUT2D eigenvalue weighted by Crippen LogP contribution is -2.20. The van der Waals surface area contributed by atoms with Gasteiger partial charge in [-0.1, -0.05) is 6.07 Å². The molecule has 0 aliphatic rings. The second kappa shape index (κ2) is 3.41. The molecular weight excluding hydrogens is 178 g/mol. The first-order valence-corrected chi connectivity index (χ1v) is 4.26. The second-order valence-electron chi connectivity index (χ2n) is 2.92. The average molecular weight is 187 g/mol. The van der Waals surface area contributed by atoms with Gasteiger partial charge in [0.25, 0.3) is 5.56 Å². The van der Waals surface area contributed by atoms with Crippen LogP contribution in [0.15, 0.2) is 41.3 Å². The summed E-state index contributed by atoms with van der Waals surface area (Å²) in [5.74, 6) is 0.551. The molecule has 2 heterocycles. The minimum Gasteiger partial charge on any atom is -0.269 e. The molecule has 0 saturated heterocycles. The van der Waals surface area contributed by atoms with Crippen LogP contribution in [0.2, 0.25) is 0 Å². The van der Waals surface area contributed by atoms with Crippen molar-refractivity contribution in [1.82, 2.24) is 14.8 Å². The molecule has 0 bridgehead atoms. The Kier molecular flexibility index (Phi) is 2.10. The fraction of sp³-hybridized carbons (Fsp3) is 0.100. The SMILES string of the molecule is Cc1cccc(=O)n1-c1cccnn1. The van der Waals surface area contributed by atoms with Gasteiger partial charge >= 0.3 is 0 Å². The van der Waals surface area contributed by atoms with Crippen LogP contribution in [-0.4, -0.2) is 14.8 Å². The van der Waals surface area contributed by atoms with Crippen molar-refractivity contribution in [1.29, 1.82) is 0 Å². The first kappa shape index (κ1) is 8.62. The van der Waals surface area contributed by atoms with Gasteiger partial charge in [0.15, 0.2) is 5.82 Å². The Balaban J connectivity index is 2.69. The Hall–Kier alpha value is -1.97. The summed E-state index contributed by atoms with van der Waals surface area (Å²) < 4.78 is 1.52. The first-order valence-electron chi connectivity index (χ1n) is 4.26. The molecule has 4 heteroatoms. The van der Waals surface area contributed by atoms with Crippen LogP contribution in [0.5, 0.6) is 0 Å². The Labute approximate surface area is 80.9 Å². The molecule has 0 aromatic carbocycles. The van der Waals surface area contributed by atoms with E-state index >= 15 is 0 Å². The zero-order valence-corrected chi connectivity index (χ0v) is 7.71. The van der Waals surface area contributed by atoms with Gasteiger partial charge in [0.05, 0.1) is 0 Å². The number of hydrogen-bond donors (Lipinski definition) is 0. The van der Waals surface area contributed by atoms with Crippen LogP contribution < -0.4 is 5.56 Å². The van der Waals surface area contributed by atoms with E-state index in [1.165, 1.54) is 10.6 Å². The monoisotopic (exact) mass is 187 g/mol. The third kappa shape index (κ3) is 1.42. The molecule has 0 aliphatic carbocycles. The van der Waals surface area contributed by atoms with Gasteiger partial charge in [-0.2, -0.15) is 5.10 Å². The average Bonchev–Trinajstić information content (AvgIpc) is 2.19. The molecular formula is C10H9N3O. The summed E-state index contributed by atoms with van der Waals surface area (Å²) in [5.41, 5.74) is 0.753. The summed E-state index contributed by atoms with van der Waals surface area (Å²) in [5, 5.41) is 7.62. The summed E-state index contributed by atoms with van der Waals surface area (Å²) in [6, 6.07) is 8.59. The fourth-order valence-corrected chi connectivity index (χ4v) is 1.30. The third-order valence-corrected chi connectivity index (χ3v) is 1.94. The van der Waals surface area contributed by atoms with Crippen molar-refractivity contribution in [3.63, 3.8) is 0 Å². The highest BCUT2D eigenvalue weighted by Gasteiger charge is 2.02. The molecule has 0 amide bonds. The molecule has 0 saturated carbocycles. The highest BCUT2D eigenvalue weighted by atomic mass is 16.1. The van der Waals surface area contributed by atoms with Crippen molar-refractivity contribution in [2.24, 2.45) is 0 Å². The van der Waals surface area contributed by atoms with E-state index in [0.29, 0.717) is 5.82 Å². The van der Waals surface area contributed by atoms with E-state index in [4.69, 9.17) is 0 Å². The van der Waals surface area contributed by atoms with E-state index < -0.39 is 0 Å². The Morgan fingerprint density at radius 1 is 1.21 bits per heavy atom. The number of nitrogens with zero attached hydrogens (tertiary/aromatic N) is 3. The minimum absolute atomic E-state index is 0.0921. The molecule has 14 heavy (non-hydrogen) atoms. The van der Waals surface area contributed by atoms with E-state index in [-0.39, 0.29) is 5.56 Å². The second-order valence-corrected chi connectivity index (χ2v) is 2.92. The van der Waals surface area contributed by atoms with Crippen LogP contribution in [0.3, 0.4) is 0 Å². The van der Waals surface area contributed by atoms with Crippen molar-refractivity contribution in [2.75, 3.05) is 0 Å². The van der Waals surface area contributed by atoms with Crippen LogP contribution in [-0.2, 0) is 0 Å². The van der Waals surface area contributed by atoms with Crippen molar-refractivity contribution in [3.05, 3.63) is 52.6 Å². The number of rotatable bonds is 1. The topological polar surface area (TPSA) is 47.8 Å². The van der Waals surface area contributed by atoms with Gasteiger partial charge in [0.1, 0.15) is 0 Å². The number of aryl methyl sites for hydroxylation is 1. The summed E-state index contributed by atoms with van der Waals surface area (Å²) >= 11 is 0. The van der Waals surface area contributed by atoms with Gasteiger partial charge in [0, 0.05) is 18.0 Å². The quantitative estimate of drug-likeness (QED) is 0.667. The normalized spacial score (nSPS) is 10.1. The summed E-state index contributed by atoms with van der Waals surface area (Å²) in [6.07, 6.45) is 1.58. The van der Waals surface area contributed by atoms with Gasteiger partial charge in [-0.05, 0) is 25.1 Å². The molecule has 0 N–H and O–H groups in total. The van der Waals surface area contributed by atoms with Crippen LogP contribution in [0.1, 0.15) is 5.69 Å². The van der Waals surface area contributed by atoms with Gasteiger partial charge in [-0.15, -0.1) is 5.10 Å². The summed E-state index contributed by atoms with van der Waals surface area (Å²) in [7, 11) is 0. The van der Waals surface area contributed by atoms with Crippen LogP contribution in [0.4, 0.5) is 0 Å². The van der Waals surface area contributed by atoms with E-state index in [1.54, 1.807) is 24.4 Å². The minimum atomic E-state index is -0.0921. The molecule has 0 atom stereocenters. The van der Waals surface area contributed by atoms with E-state index in [9.17, 15) is 4.79 Å². The van der Waals surface area contributed by atoms with Crippen molar-refractivity contribution < 1.29 is 0 Å². The molecule has 0 aliphatic heterocycles. The molecule has 2 aromatic rings. The maximum atomic E-state index is 11.5. The van der Waals surface area contributed by atoms with Crippen LogP contribution in [0.25, 0.3) is 5.82 Å². The maximum absolute atomic E-state index is 11.5. The Bertz CT molecular complexity index is 490. The lowest BCUT2D eigenvalue weighted by Gasteiger charge is -2.06. The molecule has 0 fully saturated rings. The van der Waals surface area contributed by atoms with Crippen molar-refractivity contribution in [2.45, 2.75) is 6.92 Å². The standard InChI is InChI=1S/C10H9N3O/c1-8-4-2-6-10(14)13(8)9-5-3-7-11-12-9/h2-7H,1H3. The molecule has 0 spiro atoms. The predicted molar refractivity (Wildman–Crippen MR) is 52.4 cm³/mol. The number of aromatic nitrogens is 3. The van der Waals surface area contributed by atoms with Gasteiger partial charge in [-0.3, -0.25) is 9.36 Å². The molecule has 0 radical (unpaired) electrons. The van der Waals surface area contributed by atoms with Crippen molar-refractivity contribution in [3.8, 4) is 5.82 Å². The number of pyridine rings is 1. The molecule has 2 aromatic heterocycles. The third-order valence-electron chi connectivity index (χ3n) is 1.94. The van der Waals surface area contributed by atoms with E-state index in [0.717, 1.165) is 5.69 Å². The summed E-state index contributed by atoms with van der Waals surface area (Å²) in [4.78, 5) is 11.5. The van der Waals surface area contributed by atoms with E-state index in [2.05, 4.69) is 10.2 Å². The molecule has 70 valence electrons. The highest BCUT2D eigenvalue weighted by Crippen LogP contribution is 2.01. The zero-order valence-electron chi connectivity index (χ0n) is 7.71. The maximum Gasteiger partial charge on any atom is 0.256 e. The summed E-state index contributed by atoms with van der Waals surface area (Å²) in [6.45, 7) is 1.86. The first-order chi connectivity index (χ1) is 6.79. The lowest BCUT2D eigenvalue weighted by molar-refractivity contribution is 0.853. The van der Waals surface area contributed by atoms with Crippen molar-refractivity contribution >= 4 is 0 Å². The largest absolute Gasteiger partial charge is 0.269 e. The molecule has 2 rings (SSSR count). The van der Waals surface area contributed by atoms with Crippen LogP contribution in [0, 0.1) is 6.92 Å². The zero-order chi connectivity index (χ0) is 9.97. The Morgan fingerprint density at radius 3 is 2.71 bits per heavy atom. The smallest absolute Gasteiger partial charge is 0.256 e. The van der Waals surface area contributed by atoms with Gasteiger partial charge < -0.3 is 0 Å². The Morgan fingerprint density at radius 2 is 2.07 bits per heavy atom. The van der Waals surface area contributed by atoms with Crippen LogP contribution >= 0.6 is 0 Å². The highest BCUT2D eigenvalue weighted by molar-refractivity contribution is 5.24. The fourth-order valence-electron chi connectivity index (χ4n) is 1.30. The lowest BCUT2D eigenvalue weighted by atomic mass is 10.3.